The zero-order chi connectivity index (χ0) is 21.4. The van der Waals surface area contributed by atoms with Crippen molar-refractivity contribution < 1.29 is 22.6 Å². The fraction of sp³-hybridized carbons (Fsp3) is 0.409. The second-order valence-corrected chi connectivity index (χ2v) is 7.82. The molecule has 9 heteroatoms. The van der Waals surface area contributed by atoms with Crippen LogP contribution in [-0.4, -0.2) is 34.8 Å². The Bertz CT molecular complexity index is 1160. The van der Waals surface area contributed by atoms with E-state index in [9.17, 15) is 13.2 Å². The molecule has 0 spiro atoms. The molecule has 2 aliphatic rings. The van der Waals surface area contributed by atoms with Crippen molar-refractivity contribution in [2.75, 3.05) is 19.8 Å². The highest BCUT2D eigenvalue weighted by molar-refractivity contribution is 5.88. The van der Waals surface area contributed by atoms with Crippen LogP contribution in [0.4, 0.5) is 19.0 Å². The maximum atomic E-state index is 13.1. The van der Waals surface area contributed by atoms with E-state index in [0.717, 1.165) is 30.2 Å². The Morgan fingerprint density at radius 3 is 2.74 bits per heavy atom. The molecule has 0 amide bonds. The van der Waals surface area contributed by atoms with Crippen LogP contribution in [0.5, 0.6) is 5.75 Å². The number of halogens is 3. The van der Waals surface area contributed by atoms with E-state index in [1.807, 2.05) is 24.3 Å². The summed E-state index contributed by atoms with van der Waals surface area (Å²) in [5.74, 6) is 1.33. The summed E-state index contributed by atoms with van der Waals surface area (Å²) in [5, 5.41) is 0.213. The van der Waals surface area contributed by atoms with Gasteiger partial charge < -0.3 is 14.5 Å². The number of benzene rings is 1. The van der Waals surface area contributed by atoms with E-state index in [4.69, 9.17) is 9.47 Å². The lowest BCUT2D eigenvalue weighted by molar-refractivity contribution is -0.140. The summed E-state index contributed by atoms with van der Waals surface area (Å²) in [4.78, 5) is 14.7. The Kier molecular flexibility index (Phi) is 5.02. The van der Waals surface area contributed by atoms with Crippen LogP contribution in [0.3, 0.4) is 0 Å². The highest BCUT2D eigenvalue weighted by Crippen LogP contribution is 2.43. The first kappa shape index (κ1) is 19.8. The van der Waals surface area contributed by atoms with E-state index < -0.39 is 11.9 Å². The third-order valence-electron chi connectivity index (χ3n) is 6.00. The maximum absolute atomic E-state index is 13.1. The van der Waals surface area contributed by atoms with Crippen LogP contribution in [0.15, 0.2) is 36.7 Å². The first-order valence-electron chi connectivity index (χ1n) is 10.2. The number of H-pyrrole nitrogens is 1. The topological polar surface area (TPSA) is 64.4 Å². The number of aromatic nitrogens is 3. The molecule has 0 bridgehead atoms. The summed E-state index contributed by atoms with van der Waals surface area (Å²) < 4.78 is 50.8. The van der Waals surface area contributed by atoms with Gasteiger partial charge in [-0.15, -0.1) is 0 Å². The van der Waals surface area contributed by atoms with E-state index in [0.29, 0.717) is 25.7 Å². The monoisotopic (exact) mass is 429 g/mol. The smallest absolute Gasteiger partial charge is 0.438 e. The van der Waals surface area contributed by atoms with Crippen molar-refractivity contribution in [1.82, 2.24) is 15.0 Å². The van der Waals surface area contributed by atoms with Gasteiger partial charge in [-0.2, -0.15) is 23.0 Å². The van der Waals surface area contributed by atoms with Crippen LogP contribution in [0.25, 0.3) is 15.9 Å². The molecule has 5 rings (SSSR count). The number of rotatable bonds is 1. The van der Waals surface area contributed by atoms with Gasteiger partial charge in [0, 0.05) is 24.7 Å². The lowest BCUT2D eigenvalue weighted by Gasteiger charge is -2.36. The molecular formula is C22H20F3N4O2+. The Hall–Kier alpha value is -3.12. The van der Waals surface area contributed by atoms with Gasteiger partial charge in [0.25, 0.3) is 0 Å². The molecule has 2 aliphatic heterocycles. The van der Waals surface area contributed by atoms with Gasteiger partial charge in [-0.1, -0.05) is 18.2 Å². The minimum absolute atomic E-state index is 0.0937. The third-order valence-corrected chi connectivity index (χ3v) is 6.00. The van der Waals surface area contributed by atoms with Crippen molar-refractivity contribution in [3.63, 3.8) is 0 Å². The van der Waals surface area contributed by atoms with Crippen LogP contribution in [0.1, 0.15) is 30.0 Å². The lowest BCUT2D eigenvalue weighted by atomic mass is 9.74. The van der Waals surface area contributed by atoms with Gasteiger partial charge >= 0.3 is 12.0 Å². The number of nitrogens with one attached hydrogen (secondary N) is 1. The Morgan fingerprint density at radius 1 is 1.13 bits per heavy atom. The van der Waals surface area contributed by atoms with Gasteiger partial charge in [-0.05, 0) is 35.9 Å². The van der Waals surface area contributed by atoms with Crippen molar-refractivity contribution in [3.8, 4) is 11.8 Å². The summed E-state index contributed by atoms with van der Waals surface area (Å²) in [6.45, 7) is 1.96. The number of fused-ring (bicyclic) bond motifs is 2. The molecule has 0 radical (unpaired) electrons. The summed E-state index contributed by atoms with van der Waals surface area (Å²) in [7, 11) is 0. The average molecular weight is 429 g/mol. The van der Waals surface area contributed by atoms with Crippen molar-refractivity contribution in [3.05, 3.63) is 52.8 Å². The number of hydrogen-bond acceptors (Lipinski definition) is 4. The largest absolute Gasteiger partial charge is 0.493 e. The van der Waals surface area contributed by atoms with E-state index in [1.165, 1.54) is 6.33 Å². The summed E-state index contributed by atoms with van der Waals surface area (Å²) in [6, 6.07) is 11.9. The second kappa shape index (κ2) is 7.85. The van der Waals surface area contributed by atoms with Gasteiger partial charge in [0.05, 0.1) is 6.61 Å². The molecule has 31 heavy (non-hydrogen) atoms. The Labute approximate surface area is 176 Å². The summed E-state index contributed by atoms with van der Waals surface area (Å²) in [6.07, 6.45) is -1.44. The van der Waals surface area contributed by atoms with Crippen LogP contribution < -0.4 is 4.74 Å². The molecule has 160 valence electrons. The predicted octanol–water partition coefficient (Wildman–Crippen LogP) is 5.16. The Morgan fingerprint density at radius 2 is 1.94 bits per heavy atom. The molecule has 1 N–H and O–H groups in total. The molecule has 4 heterocycles. The van der Waals surface area contributed by atoms with Crippen LogP contribution in [0, 0.1) is 17.9 Å². The molecule has 1 unspecified atom stereocenters. The van der Waals surface area contributed by atoms with E-state index in [2.05, 4.69) is 25.9 Å². The maximum Gasteiger partial charge on any atom is 0.438 e. The number of hydrogen-bond donors (Lipinski definition) is 1. The molecule has 3 aromatic rings. The molecule has 1 aromatic carbocycles. The first-order valence-corrected chi connectivity index (χ1v) is 10.2. The van der Waals surface area contributed by atoms with Gasteiger partial charge in [0.2, 0.25) is 6.33 Å². The van der Waals surface area contributed by atoms with Crippen molar-refractivity contribution in [1.29, 1.82) is 0 Å². The SMILES string of the molecule is FC(F)(F)c1cc2c([N+]#CC3c4ccccc4OC[C@@H]3C3CCOCC3)ncnc2[nH]1. The number of ether oxygens (including phenoxy) is 2. The fourth-order valence-electron chi connectivity index (χ4n) is 4.40. The Balaban J connectivity index is 1.55. The molecular weight excluding hydrogens is 409 g/mol. The minimum Gasteiger partial charge on any atom is -0.493 e. The van der Waals surface area contributed by atoms with Crippen LogP contribution >= 0.6 is 0 Å². The number of aromatic amines is 1. The molecule has 0 saturated carbocycles. The van der Waals surface area contributed by atoms with Gasteiger partial charge in [-0.3, -0.25) is 0 Å². The minimum atomic E-state index is -4.50. The number of para-hydroxylation sites is 1. The molecule has 1 fully saturated rings. The summed E-state index contributed by atoms with van der Waals surface area (Å²) >= 11 is 0. The second-order valence-electron chi connectivity index (χ2n) is 7.82. The predicted molar refractivity (Wildman–Crippen MR) is 108 cm³/mol. The zero-order valence-electron chi connectivity index (χ0n) is 16.5. The van der Waals surface area contributed by atoms with Gasteiger partial charge in [0.15, 0.2) is 11.7 Å². The van der Waals surface area contributed by atoms with E-state index >= 15 is 0 Å². The molecule has 1 saturated heterocycles. The van der Waals surface area contributed by atoms with Crippen molar-refractivity contribution in [2.45, 2.75) is 24.9 Å². The third kappa shape index (κ3) is 3.83. The zero-order valence-corrected chi connectivity index (χ0v) is 16.5. The molecule has 6 nitrogen and oxygen atoms in total. The highest BCUT2D eigenvalue weighted by Gasteiger charge is 2.38. The quantitative estimate of drug-likeness (QED) is 0.580. The molecule has 0 aliphatic carbocycles. The number of nitrogens with zero attached hydrogens (tertiary/aromatic N) is 3. The molecule has 2 aromatic heterocycles. The first-order chi connectivity index (χ1) is 15.0. The van der Waals surface area contributed by atoms with Gasteiger partial charge in [0.1, 0.15) is 22.7 Å². The normalized spacial score (nSPS) is 21.8. The average Bonchev–Trinajstić information content (AvgIpc) is 3.24. The van der Waals surface area contributed by atoms with E-state index in [1.54, 1.807) is 0 Å². The van der Waals surface area contributed by atoms with Crippen molar-refractivity contribution in [2.24, 2.45) is 11.8 Å². The molecule has 2 atom stereocenters. The summed E-state index contributed by atoms with van der Waals surface area (Å²) in [5.41, 5.74) is 0.191. The standard InChI is InChI=1S/C22H20F3N4O2/c23-22(24,25)19-9-15-20(27-12-28-21(15)29-19)26-10-16-14-3-1-2-4-18(14)31-11-17(16)13-5-7-30-8-6-13/h1-4,9,12-13,16-17H,5-8,11H2,(H,27,28,29)/q+1/t16?,17-/m1/s1. The van der Waals surface area contributed by atoms with Crippen LogP contribution in [-0.2, 0) is 10.9 Å². The van der Waals surface area contributed by atoms with Crippen LogP contribution in [0.2, 0.25) is 0 Å². The number of alkyl halides is 3. The van der Waals surface area contributed by atoms with Crippen molar-refractivity contribution >= 4 is 16.9 Å². The fourth-order valence-corrected chi connectivity index (χ4v) is 4.40. The van der Waals surface area contributed by atoms with E-state index in [-0.39, 0.29) is 28.7 Å². The highest BCUT2D eigenvalue weighted by atomic mass is 19.4. The van der Waals surface area contributed by atoms with Gasteiger partial charge in [-0.25, -0.2) is 0 Å². The lowest BCUT2D eigenvalue weighted by Crippen LogP contribution is -2.34.